The number of nitrogens with zero attached hydrogens (tertiary/aromatic N) is 4. The third-order valence-electron chi connectivity index (χ3n) is 4.49. The molecule has 9 heteroatoms. The predicted octanol–water partition coefficient (Wildman–Crippen LogP) is 3.32. The number of aromatic nitrogens is 2. The first-order chi connectivity index (χ1) is 13.3. The van der Waals surface area contributed by atoms with Crippen LogP contribution >= 0.6 is 23.1 Å². The Morgan fingerprint density at radius 3 is 2.54 bits per heavy atom. The highest BCUT2D eigenvalue weighted by Gasteiger charge is 2.17. The minimum absolute atomic E-state index is 0.0400. The second kappa shape index (κ2) is 10.4. The number of carbonyl (C=O) groups excluding carboxylic acids is 2. The molecule has 7 nitrogen and oxygen atoms in total. The Labute approximate surface area is 174 Å². The van der Waals surface area contributed by atoms with E-state index in [1.54, 1.807) is 11.9 Å². The number of hydrogen-bond acceptors (Lipinski definition) is 7. The van der Waals surface area contributed by atoms with Gasteiger partial charge in [-0.1, -0.05) is 35.2 Å². The molecule has 0 saturated heterocycles. The number of carbonyl (C=O) groups is 2. The Morgan fingerprint density at radius 1 is 1.14 bits per heavy atom. The zero-order valence-electron chi connectivity index (χ0n) is 17.0. The Kier molecular flexibility index (Phi) is 8.25. The number of rotatable bonds is 9. The van der Waals surface area contributed by atoms with Crippen molar-refractivity contribution in [2.24, 2.45) is 0 Å². The first kappa shape index (κ1) is 22.2. The smallest absolute Gasteiger partial charge is 0.242 e. The van der Waals surface area contributed by atoms with Crippen molar-refractivity contribution in [2.45, 2.75) is 32.0 Å². The lowest BCUT2D eigenvalue weighted by molar-refractivity contribution is -0.137. The molecule has 2 amide bonds. The van der Waals surface area contributed by atoms with Crippen molar-refractivity contribution < 1.29 is 9.59 Å². The lowest BCUT2D eigenvalue weighted by atomic mass is 10.1. The van der Waals surface area contributed by atoms with Crippen LogP contribution in [0, 0.1) is 13.8 Å². The normalized spacial score (nSPS) is 10.6. The molecule has 0 saturated carbocycles. The predicted molar refractivity (Wildman–Crippen MR) is 115 cm³/mol. The van der Waals surface area contributed by atoms with E-state index in [-0.39, 0.29) is 24.1 Å². The van der Waals surface area contributed by atoms with Crippen LogP contribution in [0.2, 0.25) is 0 Å². The maximum atomic E-state index is 12.3. The molecule has 152 valence electrons. The van der Waals surface area contributed by atoms with Crippen molar-refractivity contribution in [2.75, 3.05) is 37.8 Å². The van der Waals surface area contributed by atoms with Crippen LogP contribution in [0.25, 0.3) is 0 Å². The van der Waals surface area contributed by atoms with E-state index in [1.165, 1.54) is 39.1 Å². The summed E-state index contributed by atoms with van der Waals surface area (Å²) in [6, 6.07) is 6.06. The zero-order chi connectivity index (χ0) is 20.7. The fourth-order valence-corrected chi connectivity index (χ4v) is 4.23. The van der Waals surface area contributed by atoms with Gasteiger partial charge in [0, 0.05) is 25.8 Å². The SMILES string of the molecule is CCN(CC)C(=O)CN(C)C(=O)CSc1nnc(Nc2cccc(C)c2C)s1. The standard InChI is InChI=1S/C19H27N5O2S2/c1-6-24(7-2)16(25)11-23(5)17(26)12-27-19-22-21-18(28-19)20-15-10-8-9-13(3)14(15)4/h8-10H,6-7,11-12H2,1-5H3,(H,20,21). The molecular weight excluding hydrogens is 394 g/mol. The summed E-state index contributed by atoms with van der Waals surface area (Å²) in [7, 11) is 1.65. The molecule has 0 aliphatic heterocycles. The minimum Gasteiger partial charge on any atom is -0.342 e. The second-order valence-electron chi connectivity index (χ2n) is 6.35. The number of amides is 2. The number of hydrogen-bond donors (Lipinski definition) is 1. The Balaban J connectivity index is 1.87. The second-order valence-corrected chi connectivity index (χ2v) is 8.55. The molecule has 0 fully saturated rings. The van der Waals surface area contributed by atoms with E-state index < -0.39 is 0 Å². The molecule has 0 unspecified atom stereocenters. The van der Waals surface area contributed by atoms with Gasteiger partial charge in [-0.2, -0.15) is 0 Å². The highest BCUT2D eigenvalue weighted by atomic mass is 32.2. The Bertz CT molecular complexity index is 820. The molecular formula is C19H27N5O2S2. The van der Waals surface area contributed by atoms with E-state index in [1.807, 2.05) is 26.0 Å². The lowest BCUT2D eigenvalue weighted by Gasteiger charge is -2.23. The maximum absolute atomic E-state index is 12.3. The quantitative estimate of drug-likeness (QED) is 0.626. The number of nitrogens with one attached hydrogen (secondary N) is 1. The van der Waals surface area contributed by atoms with Crippen molar-refractivity contribution >= 4 is 45.7 Å². The molecule has 0 radical (unpaired) electrons. The summed E-state index contributed by atoms with van der Waals surface area (Å²) >= 11 is 2.74. The van der Waals surface area contributed by atoms with Crippen LogP contribution in [0.15, 0.2) is 22.5 Å². The van der Waals surface area contributed by atoms with Gasteiger partial charge in [-0.3, -0.25) is 9.59 Å². The van der Waals surface area contributed by atoms with Gasteiger partial charge in [0.25, 0.3) is 0 Å². The van der Waals surface area contributed by atoms with Crippen LogP contribution in [0.1, 0.15) is 25.0 Å². The monoisotopic (exact) mass is 421 g/mol. The molecule has 28 heavy (non-hydrogen) atoms. The number of aryl methyl sites for hydroxylation is 1. The van der Waals surface area contributed by atoms with Gasteiger partial charge in [0.15, 0.2) is 4.34 Å². The van der Waals surface area contributed by atoms with Crippen molar-refractivity contribution in [1.29, 1.82) is 0 Å². The number of likely N-dealkylation sites (N-methyl/N-ethyl adjacent to an activating group) is 2. The summed E-state index contributed by atoms with van der Waals surface area (Å²) < 4.78 is 0.713. The van der Waals surface area contributed by atoms with Crippen LogP contribution < -0.4 is 5.32 Å². The fourth-order valence-electron chi connectivity index (χ4n) is 2.52. The molecule has 0 bridgehead atoms. The van der Waals surface area contributed by atoms with E-state index >= 15 is 0 Å². The van der Waals surface area contributed by atoms with Gasteiger partial charge >= 0.3 is 0 Å². The van der Waals surface area contributed by atoms with Gasteiger partial charge in [-0.25, -0.2) is 0 Å². The molecule has 0 aliphatic carbocycles. The molecule has 1 aromatic carbocycles. The average molecular weight is 422 g/mol. The van der Waals surface area contributed by atoms with Crippen molar-refractivity contribution in [3.8, 4) is 0 Å². The van der Waals surface area contributed by atoms with Crippen LogP contribution in [0.3, 0.4) is 0 Å². The van der Waals surface area contributed by atoms with E-state index in [9.17, 15) is 9.59 Å². The molecule has 2 aromatic rings. The van der Waals surface area contributed by atoms with Gasteiger partial charge in [0.05, 0.1) is 12.3 Å². The van der Waals surface area contributed by atoms with E-state index in [2.05, 4.69) is 35.4 Å². The van der Waals surface area contributed by atoms with Crippen LogP contribution in [0.5, 0.6) is 0 Å². The first-order valence-electron chi connectivity index (χ1n) is 9.16. The molecule has 0 atom stereocenters. The van der Waals surface area contributed by atoms with Crippen LogP contribution in [-0.2, 0) is 9.59 Å². The first-order valence-corrected chi connectivity index (χ1v) is 11.0. The van der Waals surface area contributed by atoms with Gasteiger partial charge in [-0.05, 0) is 44.9 Å². The minimum atomic E-state index is -0.107. The van der Waals surface area contributed by atoms with Gasteiger partial charge < -0.3 is 15.1 Å². The summed E-state index contributed by atoms with van der Waals surface area (Å²) in [4.78, 5) is 27.6. The van der Waals surface area contributed by atoms with Gasteiger partial charge in [0.1, 0.15) is 0 Å². The molecule has 1 N–H and O–H groups in total. The van der Waals surface area contributed by atoms with Crippen molar-refractivity contribution in [3.63, 3.8) is 0 Å². The van der Waals surface area contributed by atoms with Crippen molar-refractivity contribution in [3.05, 3.63) is 29.3 Å². The van der Waals surface area contributed by atoms with Crippen LogP contribution in [-0.4, -0.2) is 64.2 Å². The topological polar surface area (TPSA) is 78.4 Å². The zero-order valence-corrected chi connectivity index (χ0v) is 18.6. The number of thioether (sulfide) groups is 1. The molecule has 1 heterocycles. The molecule has 0 aliphatic rings. The van der Waals surface area contributed by atoms with E-state index in [0.29, 0.717) is 22.6 Å². The summed E-state index contributed by atoms with van der Waals surface area (Å²) in [5.74, 6) is 0.0756. The van der Waals surface area contributed by atoms with Gasteiger partial charge in [0.2, 0.25) is 16.9 Å². The van der Waals surface area contributed by atoms with E-state index in [4.69, 9.17) is 0 Å². The molecule has 1 aromatic heterocycles. The summed E-state index contributed by atoms with van der Waals surface area (Å²) in [5.41, 5.74) is 3.37. The van der Waals surface area contributed by atoms with E-state index in [0.717, 1.165) is 5.69 Å². The van der Waals surface area contributed by atoms with Crippen LogP contribution in [0.4, 0.5) is 10.8 Å². The maximum Gasteiger partial charge on any atom is 0.242 e. The summed E-state index contributed by atoms with van der Waals surface area (Å²) in [6.45, 7) is 9.37. The van der Waals surface area contributed by atoms with Gasteiger partial charge in [-0.15, -0.1) is 10.2 Å². The Hall–Kier alpha value is -2.13. The third-order valence-corrected chi connectivity index (χ3v) is 6.44. The average Bonchev–Trinajstić information content (AvgIpc) is 3.12. The Morgan fingerprint density at radius 2 is 1.86 bits per heavy atom. The number of anilines is 2. The molecule has 2 rings (SSSR count). The lowest BCUT2D eigenvalue weighted by Crippen LogP contribution is -2.41. The number of benzene rings is 1. The molecule has 0 spiro atoms. The summed E-state index contributed by atoms with van der Waals surface area (Å²) in [5, 5.41) is 12.3. The largest absolute Gasteiger partial charge is 0.342 e. The van der Waals surface area contributed by atoms with Crippen molar-refractivity contribution in [1.82, 2.24) is 20.0 Å². The fraction of sp³-hybridized carbons (Fsp3) is 0.474. The third kappa shape index (κ3) is 5.93. The highest BCUT2D eigenvalue weighted by Crippen LogP contribution is 2.29. The summed E-state index contributed by atoms with van der Waals surface area (Å²) in [6.07, 6.45) is 0. The highest BCUT2D eigenvalue weighted by molar-refractivity contribution is 8.01.